The molecule has 0 spiro atoms. The maximum atomic E-state index is 4.84. The highest BCUT2D eigenvalue weighted by molar-refractivity contribution is 5.49. The minimum Gasteiger partial charge on any atom is -0.368 e. The zero-order valence-corrected chi connectivity index (χ0v) is 14.1. The quantitative estimate of drug-likeness (QED) is 0.834. The van der Waals surface area contributed by atoms with E-state index in [9.17, 15) is 0 Å². The van der Waals surface area contributed by atoms with Crippen molar-refractivity contribution >= 4 is 5.69 Å². The molecular formula is C18H27N3O. The SMILES string of the molecule is C1=CN(c2ccccc2)CCN1Cc1ccon1.CC.CC. The van der Waals surface area contributed by atoms with Gasteiger partial charge < -0.3 is 14.3 Å². The topological polar surface area (TPSA) is 32.5 Å². The van der Waals surface area contributed by atoms with Gasteiger partial charge in [0.15, 0.2) is 0 Å². The zero-order chi connectivity index (χ0) is 16.2. The van der Waals surface area contributed by atoms with Crippen LogP contribution < -0.4 is 4.90 Å². The molecule has 4 heteroatoms. The maximum Gasteiger partial charge on any atom is 0.124 e. The van der Waals surface area contributed by atoms with E-state index in [4.69, 9.17) is 4.52 Å². The van der Waals surface area contributed by atoms with Gasteiger partial charge in [0.2, 0.25) is 0 Å². The fraction of sp³-hybridized carbons (Fsp3) is 0.389. The summed E-state index contributed by atoms with van der Waals surface area (Å²) in [6.45, 7) is 10.8. The molecule has 1 aliphatic heterocycles. The van der Waals surface area contributed by atoms with Gasteiger partial charge in [-0.2, -0.15) is 0 Å². The Morgan fingerprint density at radius 2 is 1.68 bits per heavy atom. The van der Waals surface area contributed by atoms with Gasteiger partial charge in [-0.05, 0) is 12.1 Å². The summed E-state index contributed by atoms with van der Waals surface area (Å²) in [6.07, 6.45) is 5.82. The Balaban J connectivity index is 0.000000561. The van der Waals surface area contributed by atoms with Gasteiger partial charge in [-0.1, -0.05) is 51.1 Å². The Morgan fingerprint density at radius 1 is 0.955 bits per heavy atom. The third kappa shape index (κ3) is 5.28. The van der Waals surface area contributed by atoms with Crippen LogP contribution >= 0.6 is 0 Å². The molecular weight excluding hydrogens is 274 g/mol. The highest BCUT2D eigenvalue weighted by Crippen LogP contribution is 2.17. The van der Waals surface area contributed by atoms with Crippen molar-refractivity contribution in [2.45, 2.75) is 34.2 Å². The van der Waals surface area contributed by atoms with Crippen LogP contribution in [-0.2, 0) is 6.54 Å². The molecule has 1 aromatic carbocycles. The second-order valence-corrected chi connectivity index (χ2v) is 4.29. The molecule has 0 aliphatic carbocycles. The fourth-order valence-corrected chi connectivity index (χ4v) is 2.05. The Hall–Kier alpha value is -2.23. The second-order valence-electron chi connectivity index (χ2n) is 4.29. The largest absolute Gasteiger partial charge is 0.368 e. The number of aromatic nitrogens is 1. The Labute approximate surface area is 134 Å². The van der Waals surface area contributed by atoms with E-state index >= 15 is 0 Å². The normalized spacial score (nSPS) is 12.9. The molecule has 0 bridgehead atoms. The van der Waals surface area contributed by atoms with Crippen molar-refractivity contribution in [1.82, 2.24) is 10.1 Å². The maximum absolute atomic E-state index is 4.84. The minimum absolute atomic E-state index is 0.801. The van der Waals surface area contributed by atoms with E-state index in [-0.39, 0.29) is 0 Å². The van der Waals surface area contributed by atoms with Crippen LogP contribution in [0.4, 0.5) is 5.69 Å². The molecule has 0 unspecified atom stereocenters. The van der Waals surface area contributed by atoms with Gasteiger partial charge in [-0.15, -0.1) is 0 Å². The van der Waals surface area contributed by atoms with E-state index in [1.54, 1.807) is 6.26 Å². The molecule has 0 fully saturated rings. The van der Waals surface area contributed by atoms with Crippen molar-refractivity contribution in [3.05, 3.63) is 60.8 Å². The van der Waals surface area contributed by atoms with E-state index in [0.717, 1.165) is 25.3 Å². The second kappa shape index (κ2) is 10.5. The summed E-state index contributed by atoms with van der Waals surface area (Å²) in [7, 11) is 0. The van der Waals surface area contributed by atoms with Crippen LogP contribution in [0.1, 0.15) is 33.4 Å². The van der Waals surface area contributed by atoms with Gasteiger partial charge in [-0.3, -0.25) is 0 Å². The van der Waals surface area contributed by atoms with Gasteiger partial charge in [0.25, 0.3) is 0 Å². The number of para-hydroxylation sites is 1. The first-order valence-corrected chi connectivity index (χ1v) is 8.05. The molecule has 3 rings (SSSR count). The van der Waals surface area contributed by atoms with Crippen LogP contribution in [0, 0.1) is 0 Å². The Morgan fingerprint density at radius 3 is 2.23 bits per heavy atom. The van der Waals surface area contributed by atoms with Crippen molar-refractivity contribution in [2.24, 2.45) is 0 Å². The van der Waals surface area contributed by atoms with Gasteiger partial charge in [-0.25, -0.2) is 0 Å². The summed E-state index contributed by atoms with van der Waals surface area (Å²) in [6, 6.07) is 12.3. The lowest BCUT2D eigenvalue weighted by atomic mass is 10.2. The van der Waals surface area contributed by atoms with Gasteiger partial charge >= 0.3 is 0 Å². The molecule has 0 saturated carbocycles. The summed E-state index contributed by atoms with van der Waals surface area (Å²) in [5.41, 5.74) is 2.20. The Kier molecular flexibility index (Phi) is 8.50. The summed E-state index contributed by atoms with van der Waals surface area (Å²) in [5, 5.41) is 3.92. The van der Waals surface area contributed by atoms with Crippen molar-refractivity contribution in [3.63, 3.8) is 0 Å². The number of rotatable bonds is 3. The smallest absolute Gasteiger partial charge is 0.124 e. The van der Waals surface area contributed by atoms with Crippen LogP contribution in [0.3, 0.4) is 0 Å². The predicted molar refractivity (Wildman–Crippen MR) is 92.5 cm³/mol. The summed E-state index contributed by atoms with van der Waals surface area (Å²) < 4.78 is 4.84. The van der Waals surface area contributed by atoms with Crippen LogP contribution in [0.25, 0.3) is 0 Å². The number of nitrogens with zero attached hydrogens (tertiary/aromatic N) is 3. The first-order valence-electron chi connectivity index (χ1n) is 8.05. The lowest BCUT2D eigenvalue weighted by molar-refractivity contribution is 0.340. The van der Waals surface area contributed by atoms with Crippen molar-refractivity contribution in [1.29, 1.82) is 0 Å². The molecule has 0 N–H and O–H groups in total. The standard InChI is InChI=1S/C14H15N3O.2C2H6/c1-2-4-14(5-3-1)17-9-7-16(8-10-17)12-13-6-11-18-15-13;2*1-2/h1-7,9,11H,8,10,12H2;2*1-2H3. The molecule has 120 valence electrons. The molecule has 1 aromatic heterocycles. The molecule has 22 heavy (non-hydrogen) atoms. The lowest BCUT2D eigenvalue weighted by Gasteiger charge is -2.30. The van der Waals surface area contributed by atoms with E-state index in [1.807, 2.05) is 39.8 Å². The van der Waals surface area contributed by atoms with Gasteiger partial charge in [0.1, 0.15) is 12.0 Å². The number of hydrogen-bond donors (Lipinski definition) is 0. The van der Waals surface area contributed by atoms with Gasteiger partial charge in [0.05, 0.1) is 6.54 Å². The predicted octanol–water partition coefficient (Wildman–Crippen LogP) is 4.52. The highest BCUT2D eigenvalue weighted by atomic mass is 16.5. The first kappa shape index (κ1) is 17.8. The molecule has 0 radical (unpaired) electrons. The average Bonchev–Trinajstić information content (AvgIpc) is 3.13. The van der Waals surface area contributed by atoms with E-state index in [2.05, 4.69) is 51.6 Å². The van der Waals surface area contributed by atoms with Crippen LogP contribution in [-0.4, -0.2) is 23.1 Å². The average molecular weight is 301 g/mol. The summed E-state index contributed by atoms with van der Waals surface area (Å²) >= 11 is 0. The summed E-state index contributed by atoms with van der Waals surface area (Å²) in [5.74, 6) is 0. The van der Waals surface area contributed by atoms with Crippen LogP contribution in [0.2, 0.25) is 0 Å². The fourth-order valence-electron chi connectivity index (χ4n) is 2.05. The van der Waals surface area contributed by atoms with Crippen molar-refractivity contribution in [3.8, 4) is 0 Å². The molecule has 1 aliphatic rings. The van der Waals surface area contributed by atoms with Crippen molar-refractivity contribution < 1.29 is 4.52 Å². The molecule has 2 heterocycles. The lowest BCUT2D eigenvalue weighted by Crippen LogP contribution is -2.34. The zero-order valence-electron chi connectivity index (χ0n) is 14.1. The highest BCUT2D eigenvalue weighted by Gasteiger charge is 2.12. The third-order valence-electron chi connectivity index (χ3n) is 3.03. The van der Waals surface area contributed by atoms with E-state index < -0.39 is 0 Å². The monoisotopic (exact) mass is 301 g/mol. The molecule has 0 atom stereocenters. The Bertz CT molecular complexity index is 508. The van der Waals surface area contributed by atoms with Crippen LogP contribution in [0.15, 0.2) is 59.6 Å². The van der Waals surface area contributed by atoms with E-state index in [0.29, 0.717) is 0 Å². The minimum atomic E-state index is 0.801. The molecule has 4 nitrogen and oxygen atoms in total. The number of anilines is 1. The third-order valence-corrected chi connectivity index (χ3v) is 3.03. The first-order chi connectivity index (χ1) is 10.9. The van der Waals surface area contributed by atoms with Gasteiger partial charge in [0, 0.05) is 37.2 Å². The van der Waals surface area contributed by atoms with Crippen molar-refractivity contribution in [2.75, 3.05) is 18.0 Å². The van der Waals surface area contributed by atoms with E-state index in [1.165, 1.54) is 5.69 Å². The number of benzene rings is 1. The van der Waals surface area contributed by atoms with Crippen LogP contribution in [0.5, 0.6) is 0 Å². The number of hydrogen-bond acceptors (Lipinski definition) is 4. The molecule has 2 aromatic rings. The molecule has 0 amide bonds. The molecule has 0 saturated heterocycles. The summed E-state index contributed by atoms with van der Waals surface area (Å²) in [4.78, 5) is 4.48.